The number of nitrogens with one attached hydrogen (secondary N) is 2. The first-order chi connectivity index (χ1) is 49.2. The first kappa shape index (κ1) is 90.3. The van der Waals surface area contributed by atoms with Crippen LogP contribution >= 0.6 is 0 Å². The summed E-state index contributed by atoms with van der Waals surface area (Å²) < 4.78 is 58.5. The predicted molar refractivity (Wildman–Crippen MR) is 368 cm³/mol. The number of allylic oxidation sites excluding steroid dienone is 1. The van der Waals surface area contributed by atoms with Crippen molar-refractivity contribution in [1.29, 1.82) is 0 Å². The molecule has 0 bridgehead atoms. The van der Waals surface area contributed by atoms with Crippen LogP contribution in [0.2, 0.25) is 0 Å². The number of rotatable bonds is 52. The highest BCUT2D eigenvalue weighted by Crippen LogP contribution is 2.37. The van der Waals surface area contributed by atoms with Gasteiger partial charge in [-0.25, -0.2) is 0 Å². The van der Waals surface area contributed by atoms with E-state index in [2.05, 4.69) is 24.5 Å². The number of hydrogen-bond donors (Lipinski definition) is 18. The SMILES string of the molecule is CCCCCCCCCCCCC/C=C/[C@@H](O)[C@H](CO[C@@H]1OC(CO)[C@@H](O[C@@H]2OC(CO)[C@H](O[C@@H]3OC(CO)[C@H](O)[C@H](O[C@@H]4OC(CO)[C@H](O)[C@H](O[C@H]5OC(CO)[C@H](O)[C@H](O)C5O)C4O)C3NC(C)=O)[C@H](O)C2O)[C@H](O)C1O)NC(=O)CCCCCCCCCCCCCCCCCCCCC. The Hall–Kier alpha value is -2.36. The number of unbranched alkanes of at least 4 members (excludes halogenated alkanes) is 29. The van der Waals surface area contributed by atoms with Crippen molar-refractivity contribution in [3.63, 3.8) is 0 Å². The molecule has 10 unspecified atom stereocenters. The van der Waals surface area contributed by atoms with Crippen LogP contribution in [0.15, 0.2) is 12.2 Å². The minimum atomic E-state index is -2.16. The molecule has 5 heterocycles. The number of amides is 2. The molecule has 102 heavy (non-hydrogen) atoms. The number of hydrogen-bond acceptors (Lipinski definition) is 28. The van der Waals surface area contributed by atoms with Gasteiger partial charge in [-0.1, -0.05) is 206 Å². The quantitative estimate of drug-likeness (QED) is 0.0300. The van der Waals surface area contributed by atoms with Crippen LogP contribution in [-0.4, -0.2) is 299 Å². The maximum atomic E-state index is 13.5. The molecular weight excluding hydrogens is 1340 g/mol. The molecule has 30 nitrogen and oxygen atoms in total. The van der Waals surface area contributed by atoms with Crippen LogP contribution in [0.25, 0.3) is 0 Å². The molecular formula is C72H132N2O28. The molecule has 5 rings (SSSR count). The van der Waals surface area contributed by atoms with Gasteiger partial charge >= 0.3 is 0 Å². The number of carbonyl (C=O) groups excluding carboxylic acids is 2. The second kappa shape index (κ2) is 50.4. The molecule has 5 aliphatic heterocycles. The van der Waals surface area contributed by atoms with E-state index in [0.717, 1.165) is 51.9 Å². The van der Waals surface area contributed by atoms with E-state index < -0.39 is 211 Å². The Labute approximate surface area is 602 Å². The van der Waals surface area contributed by atoms with Crippen molar-refractivity contribution >= 4 is 11.8 Å². The summed E-state index contributed by atoms with van der Waals surface area (Å²) in [6, 6.07) is -2.78. The van der Waals surface area contributed by atoms with E-state index in [-0.39, 0.29) is 12.3 Å². The Morgan fingerprint density at radius 2 is 0.725 bits per heavy atom. The molecule has 0 aliphatic carbocycles. The monoisotopic (exact) mass is 1470 g/mol. The van der Waals surface area contributed by atoms with Gasteiger partial charge in [0.1, 0.15) is 122 Å². The molecule has 0 saturated carbocycles. The number of aliphatic hydroxyl groups excluding tert-OH is 16. The summed E-state index contributed by atoms with van der Waals surface area (Å²) >= 11 is 0. The van der Waals surface area contributed by atoms with Crippen LogP contribution < -0.4 is 10.6 Å². The molecule has 598 valence electrons. The summed E-state index contributed by atoms with van der Waals surface area (Å²) in [7, 11) is 0. The minimum Gasteiger partial charge on any atom is -0.394 e. The van der Waals surface area contributed by atoms with Crippen LogP contribution in [0.3, 0.4) is 0 Å². The third kappa shape index (κ3) is 29.2. The first-order valence-electron chi connectivity index (χ1n) is 38.5. The summed E-state index contributed by atoms with van der Waals surface area (Å²) in [4.78, 5) is 26.4. The zero-order valence-corrected chi connectivity index (χ0v) is 60.7. The van der Waals surface area contributed by atoms with Gasteiger partial charge in [-0.2, -0.15) is 0 Å². The van der Waals surface area contributed by atoms with Crippen molar-refractivity contribution in [3.8, 4) is 0 Å². The van der Waals surface area contributed by atoms with Gasteiger partial charge in [0, 0.05) is 13.3 Å². The van der Waals surface area contributed by atoms with Crippen LogP contribution in [0.1, 0.15) is 226 Å². The minimum absolute atomic E-state index is 0.198. The van der Waals surface area contributed by atoms with E-state index in [4.69, 9.17) is 47.4 Å². The van der Waals surface area contributed by atoms with Gasteiger partial charge in [0.25, 0.3) is 0 Å². The lowest BCUT2D eigenvalue weighted by atomic mass is 9.94. The topological polar surface area (TPSA) is 474 Å². The number of aliphatic hydroxyl groups is 16. The number of ether oxygens (including phenoxy) is 10. The van der Waals surface area contributed by atoms with Gasteiger partial charge in [-0.05, 0) is 19.3 Å². The zero-order valence-electron chi connectivity index (χ0n) is 60.7. The molecule has 0 aromatic carbocycles. The van der Waals surface area contributed by atoms with Crippen molar-refractivity contribution in [3.05, 3.63) is 12.2 Å². The molecule has 5 fully saturated rings. The lowest BCUT2D eigenvalue weighted by molar-refractivity contribution is -0.385. The Balaban J connectivity index is 1.17. The third-order valence-corrected chi connectivity index (χ3v) is 20.2. The highest BCUT2D eigenvalue weighted by molar-refractivity contribution is 5.76. The fourth-order valence-electron chi connectivity index (χ4n) is 13.9. The van der Waals surface area contributed by atoms with Crippen molar-refractivity contribution in [2.45, 2.75) is 392 Å². The van der Waals surface area contributed by atoms with E-state index in [1.54, 1.807) is 6.08 Å². The van der Waals surface area contributed by atoms with Gasteiger partial charge in [0.15, 0.2) is 31.5 Å². The molecule has 5 aliphatic rings. The predicted octanol–water partition coefficient (Wildman–Crippen LogP) is 1.17. The molecule has 0 aromatic heterocycles. The Morgan fingerprint density at radius 3 is 1.18 bits per heavy atom. The largest absolute Gasteiger partial charge is 0.394 e. The average Bonchev–Trinajstić information content (AvgIpc) is 0.776. The maximum absolute atomic E-state index is 13.5. The summed E-state index contributed by atoms with van der Waals surface area (Å²) in [5.74, 6) is -1.15. The molecule has 0 radical (unpaired) electrons. The summed E-state index contributed by atoms with van der Waals surface area (Å²) in [6.45, 7) is 0.357. The Morgan fingerprint density at radius 1 is 0.382 bits per heavy atom. The van der Waals surface area contributed by atoms with Gasteiger partial charge in [-0.3, -0.25) is 9.59 Å². The zero-order chi connectivity index (χ0) is 74.5. The van der Waals surface area contributed by atoms with E-state index in [1.165, 1.54) is 141 Å². The third-order valence-electron chi connectivity index (χ3n) is 20.2. The molecule has 27 atom stereocenters. The van der Waals surface area contributed by atoms with Gasteiger partial charge < -0.3 is 140 Å². The molecule has 0 spiro atoms. The highest BCUT2D eigenvalue weighted by Gasteiger charge is 2.57. The van der Waals surface area contributed by atoms with Crippen LogP contribution in [0.5, 0.6) is 0 Å². The standard InChI is InChI=1S/C72H132N2O28/c1-4-6-8-10-12-14-16-18-19-20-21-22-23-25-27-29-31-33-35-37-52(82)74-45(46(81)36-34-32-30-28-26-24-17-15-13-11-9-7-5-2)43-93-69-61(90)58(87)65(50(41-78)97-69)100-71-62(91)59(88)64(51(42-79)98-71)99-68-53(73-44(3)80)66(55(84)48(39-76)94-68)101-72-63(92)67(56(85)49(40-77)96-72)102-70-60(89)57(86)54(83)47(38-75)95-70/h34,36,45-51,53-72,75-79,81,83-92H,4-33,35,37-43H2,1-3H3,(H,73,80)(H,74,82)/b36-34+/t45-,46+,47?,48?,49?,50?,51?,53?,54-,55-,56-,57-,58+,59+,60?,61?,62?,63?,64-,65+,66+,67-,68-,69+,70+,71-,72-/m0/s1. The fourth-order valence-corrected chi connectivity index (χ4v) is 13.9. The van der Waals surface area contributed by atoms with Crippen molar-refractivity contribution in [2.24, 2.45) is 0 Å². The van der Waals surface area contributed by atoms with Crippen LogP contribution in [-0.2, 0) is 57.0 Å². The molecule has 18 N–H and O–H groups in total. The summed E-state index contributed by atoms with van der Waals surface area (Å²) in [6.07, 6.45) is -5.79. The van der Waals surface area contributed by atoms with Gasteiger partial charge in [-0.15, -0.1) is 0 Å². The van der Waals surface area contributed by atoms with E-state index in [9.17, 15) is 91.3 Å². The lowest BCUT2D eigenvalue weighted by Gasteiger charge is -2.50. The Bertz CT molecular complexity index is 2220. The first-order valence-corrected chi connectivity index (χ1v) is 38.5. The van der Waals surface area contributed by atoms with E-state index in [1.807, 2.05) is 6.08 Å². The maximum Gasteiger partial charge on any atom is 0.220 e. The van der Waals surface area contributed by atoms with Crippen LogP contribution in [0.4, 0.5) is 0 Å². The highest BCUT2D eigenvalue weighted by atomic mass is 16.8. The smallest absolute Gasteiger partial charge is 0.220 e. The second-order valence-corrected chi connectivity index (χ2v) is 28.5. The normalized spacial score (nSPS) is 35.2. The van der Waals surface area contributed by atoms with Crippen molar-refractivity contribution in [1.82, 2.24) is 10.6 Å². The van der Waals surface area contributed by atoms with E-state index >= 15 is 0 Å². The van der Waals surface area contributed by atoms with Crippen molar-refractivity contribution in [2.75, 3.05) is 39.6 Å². The van der Waals surface area contributed by atoms with E-state index in [0.29, 0.717) is 12.8 Å². The molecule has 0 aromatic rings. The Kier molecular flexibility index (Phi) is 44.6. The van der Waals surface area contributed by atoms with Crippen molar-refractivity contribution < 1.29 is 139 Å². The lowest BCUT2D eigenvalue weighted by Crippen LogP contribution is -2.70. The molecule has 2 amide bonds. The van der Waals surface area contributed by atoms with Gasteiger partial charge in [0.05, 0.1) is 51.8 Å². The number of carbonyl (C=O) groups is 2. The average molecular weight is 1470 g/mol. The second-order valence-electron chi connectivity index (χ2n) is 28.5. The molecule has 30 heteroatoms. The van der Waals surface area contributed by atoms with Gasteiger partial charge in [0.2, 0.25) is 11.8 Å². The fraction of sp³-hybridized carbons (Fsp3) is 0.944. The molecule has 5 saturated heterocycles. The van der Waals surface area contributed by atoms with Crippen LogP contribution in [0, 0.1) is 0 Å². The summed E-state index contributed by atoms with van der Waals surface area (Å²) in [5, 5.41) is 181. The summed E-state index contributed by atoms with van der Waals surface area (Å²) in [5.41, 5.74) is 0.